The molecule has 3 heterocycles. The molecule has 4 rings (SSSR count). The molecule has 7 heteroatoms. The summed E-state index contributed by atoms with van der Waals surface area (Å²) in [6, 6.07) is 7.62. The molecule has 3 aromatic rings. The predicted molar refractivity (Wildman–Crippen MR) is 93.1 cm³/mol. The van der Waals surface area contributed by atoms with Crippen molar-refractivity contribution >= 4 is 16.9 Å². The third-order valence-corrected chi connectivity index (χ3v) is 4.74. The summed E-state index contributed by atoms with van der Waals surface area (Å²) in [5.74, 6) is -0.0386. The van der Waals surface area contributed by atoms with E-state index in [1.807, 2.05) is 39.9 Å². The first kappa shape index (κ1) is 15.6. The summed E-state index contributed by atoms with van der Waals surface area (Å²) in [6.07, 6.45) is 8.72. The largest absolute Gasteiger partial charge is 0.339 e. The van der Waals surface area contributed by atoms with Crippen molar-refractivity contribution in [1.29, 1.82) is 0 Å². The summed E-state index contributed by atoms with van der Waals surface area (Å²) in [5, 5.41) is 0. The van der Waals surface area contributed by atoms with Gasteiger partial charge in [0.05, 0.1) is 29.6 Å². The number of imidazole rings is 1. The van der Waals surface area contributed by atoms with Crippen molar-refractivity contribution < 1.29 is 4.79 Å². The lowest BCUT2D eigenvalue weighted by molar-refractivity contribution is -0.133. The van der Waals surface area contributed by atoms with Crippen LogP contribution in [-0.2, 0) is 11.3 Å². The van der Waals surface area contributed by atoms with Crippen LogP contribution in [0.1, 0.15) is 18.9 Å². The minimum Gasteiger partial charge on any atom is -0.339 e. The number of likely N-dealkylation sites (tertiary alicyclic amines) is 1. The van der Waals surface area contributed by atoms with Gasteiger partial charge in [-0.2, -0.15) is 0 Å². The number of amides is 1. The van der Waals surface area contributed by atoms with Gasteiger partial charge in [0.15, 0.2) is 0 Å². The summed E-state index contributed by atoms with van der Waals surface area (Å²) in [7, 11) is 0. The molecule has 0 aliphatic carbocycles. The molecule has 1 aliphatic heterocycles. The number of piperidine rings is 1. The molecule has 0 saturated carbocycles. The number of benzene rings is 1. The highest BCUT2D eigenvalue weighted by molar-refractivity contribution is 5.80. The summed E-state index contributed by atoms with van der Waals surface area (Å²) in [6.45, 7) is 1.41. The van der Waals surface area contributed by atoms with E-state index in [4.69, 9.17) is 0 Å². The van der Waals surface area contributed by atoms with Gasteiger partial charge in [0, 0.05) is 25.5 Å². The normalized spacial score (nSPS) is 17.8. The number of fused-ring (bicyclic) bond motifs is 1. The van der Waals surface area contributed by atoms with Crippen molar-refractivity contribution in [3.8, 4) is 0 Å². The minimum atomic E-state index is -0.254. The van der Waals surface area contributed by atoms with E-state index in [-0.39, 0.29) is 24.1 Å². The van der Waals surface area contributed by atoms with E-state index in [9.17, 15) is 9.59 Å². The van der Waals surface area contributed by atoms with E-state index in [0.717, 1.165) is 19.4 Å². The van der Waals surface area contributed by atoms with Crippen molar-refractivity contribution in [2.24, 2.45) is 0 Å². The number of hydrogen-bond acceptors (Lipinski definition) is 4. The molecule has 1 aromatic carbocycles. The third kappa shape index (κ3) is 3.05. The van der Waals surface area contributed by atoms with Crippen LogP contribution in [0.4, 0.5) is 0 Å². The SMILES string of the molecule is O=C(Cn1c(=O)cnc2ccccc21)N1CCC[C@H](n2ccnc2)C1. The van der Waals surface area contributed by atoms with Gasteiger partial charge in [-0.15, -0.1) is 0 Å². The van der Waals surface area contributed by atoms with E-state index in [0.29, 0.717) is 17.6 Å². The maximum atomic E-state index is 12.8. The van der Waals surface area contributed by atoms with Gasteiger partial charge >= 0.3 is 0 Å². The molecule has 25 heavy (non-hydrogen) atoms. The van der Waals surface area contributed by atoms with Crippen LogP contribution in [0.3, 0.4) is 0 Å². The second-order valence-electron chi connectivity index (χ2n) is 6.32. The van der Waals surface area contributed by atoms with Gasteiger partial charge in [0.1, 0.15) is 6.54 Å². The second kappa shape index (κ2) is 6.51. The van der Waals surface area contributed by atoms with Crippen LogP contribution in [0.2, 0.25) is 0 Å². The molecule has 2 aromatic heterocycles. The van der Waals surface area contributed by atoms with Crippen LogP contribution >= 0.6 is 0 Å². The number of carbonyl (C=O) groups excluding carboxylic acids is 1. The van der Waals surface area contributed by atoms with Crippen molar-refractivity contribution in [2.45, 2.75) is 25.4 Å². The fraction of sp³-hybridized carbons (Fsp3) is 0.333. The van der Waals surface area contributed by atoms with Gasteiger partial charge in [-0.3, -0.25) is 14.2 Å². The molecule has 1 saturated heterocycles. The van der Waals surface area contributed by atoms with Crippen LogP contribution in [0.25, 0.3) is 11.0 Å². The Bertz CT molecular complexity index is 948. The highest BCUT2D eigenvalue weighted by Crippen LogP contribution is 2.21. The van der Waals surface area contributed by atoms with Gasteiger partial charge in [-0.25, -0.2) is 9.97 Å². The molecule has 1 aliphatic rings. The first-order valence-electron chi connectivity index (χ1n) is 8.42. The quantitative estimate of drug-likeness (QED) is 0.725. The van der Waals surface area contributed by atoms with Gasteiger partial charge in [-0.1, -0.05) is 12.1 Å². The molecule has 1 amide bonds. The molecule has 0 bridgehead atoms. The van der Waals surface area contributed by atoms with Gasteiger partial charge in [-0.05, 0) is 25.0 Å². The molecule has 0 N–H and O–H groups in total. The first-order chi connectivity index (χ1) is 12.2. The Balaban J connectivity index is 1.56. The van der Waals surface area contributed by atoms with Crippen LogP contribution in [0.15, 0.2) is 54.0 Å². The number of rotatable bonds is 3. The summed E-state index contributed by atoms with van der Waals surface area (Å²) in [5.41, 5.74) is 1.14. The zero-order chi connectivity index (χ0) is 17.2. The van der Waals surface area contributed by atoms with Gasteiger partial charge in [0.2, 0.25) is 5.91 Å². The van der Waals surface area contributed by atoms with E-state index in [2.05, 4.69) is 9.97 Å². The fourth-order valence-corrected chi connectivity index (χ4v) is 3.42. The first-order valence-corrected chi connectivity index (χ1v) is 8.42. The number of para-hydroxylation sites is 2. The predicted octanol–water partition coefficient (Wildman–Crippen LogP) is 1.46. The Kier molecular flexibility index (Phi) is 4.05. The maximum absolute atomic E-state index is 12.8. The Morgan fingerprint density at radius 2 is 2.16 bits per heavy atom. The second-order valence-corrected chi connectivity index (χ2v) is 6.32. The number of nitrogens with zero attached hydrogens (tertiary/aromatic N) is 5. The lowest BCUT2D eigenvalue weighted by Crippen LogP contribution is -2.43. The molecule has 0 radical (unpaired) electrons. The molecular weight excluding hydrogens is 318 g/mol. The van der Waals surface area contributed by atoms with Crippen LogP contribution in [-0.4, -0.2) is 43.0 Å². The average Bonchev–Trinajstić information content (AvgIpc) is 3.19. The third-order valence-electron chi connectivity index (χ3n) is 4.74. The maximum Gasteiger partial charge on any atom is 0.269 e. The van der Waals surface area contributed by atoms with Crippen molar-refractivity contribution in [1.82, 2.24) is 24.0 Å². The van der Waals surface area contributed by atoms with Crippen LogP contribution in [0, 0.1) is 0 Å². The standard InChI is InChI=1S/C18H19N5O2/c24-17-10-20-15-5-1-2-6-16(15)23(17)12-18(25)21-8-3-4-14(11-21)22-9-7-19-13-22/h1-2,5-7,9-10,13-14H,3-4,8,11-12H2/t14-/m0/s1. The Morgan fingerprint density at radius 1 is 1.28 bits per heavy atom. The Hall–Kier alpha value is -2.96. The zero-order valence-corrected chi connectivity index (χ0v) is 13.8. The topological polar surface area (TPSA) is 73.0 Å². The van der Waals surface area contributed by atoms with Crippen LogP contribution in [0.5, 0.6) is 0 Å². The lowest BCUT2D eigenvalue weighted by atomic mass is 10.1. The average molecular weight is 337 g/mol. The van der Waals surface area contributed by atoms with Gasteiger partial charge in [0.25, 0.3) is 5.56 Å². The summed E-state index contributed by atoms with van der Waals surface area (Å²) < 4.78 is 3.55. The Morgan fingerprint density at radius 3 is 3.00 bits per heavy atom. The number of hydrogen-bond donors (Lipinski definition) is 0. The van der Waals surface area contributed by atoms with E-state index >= 15 is 0 Å². The van der Waals surface area contributed by atoms with E-state index in [1.165, 1.54) is 10.8 Å². The highest BCUT2D eigenvalue weighted by Gasteiger charge is 2.25. The van der Waals surface area contributed by atoms with Crippen molar-refractivity contribution in [2.75, 3.05) is 13.1 Å². The fourth-order valence-electron chi connectivity index (χ4n) is 3.42. The van der Waals surface area contributed by atoms with Crippen molar-refractivity contribution in [3.05, 3.63) is 59.5 Å². The van der Waals surface area contributed by atoms with Gasteiger partial charge < -0.3 is 9.47 Å². The molecular formula is C18H19N5O2. The van der Waals surface area contributed by atoms with Crippen LogP contribution < -0.4 is 5.56 Å². The molecule has 0 spiro atoms. The molecule has 128 valence electrons. The zero-order valence-electron chi connectivity index (χ0n) is 13.8. The lowest BCUT2D eigenvalue weighted by Gasteiger charge is -2.33. The summed E-state index contributed by atoms with van der Waals surface area (Å²) >= 11 is 0. The smallest absolute Gasteiger partial charge is 0.269 e. The molecule has 1 fully saturated rings. The van der Waals surface area contributed by atoms with E-state index in [1.54, 1.807) is 12.5 Å². The summed E-state index contributed by atoms with van der Waals surface area (Å²) in [4.78, 5) is 35.1. The molecule has 1 atom stereocenters. The van der Waals surface area contributed by atoms with E-state index < -0.39 is 0 Å². The minimum absolute atomic E-state index is 0.0386. The Labute approximate surface area is 144 Å². The highest BCUT2D eigenvalue weighted by atomic mass is 16.2. The number of aromatic nitrogens is 4. The monoisotopic (exact) mass is 337 g/mol. The molecule has 7 nitrogen and oxygen atoms in total. The number of carbonyl (C=O) groups is 1. The molecule has 0 unspecified atom stereocenters. The van der Waals surface area contributed by atoms with Crippen molar-refractivity contribution in [3.63, 3.8) is 0 Å².